The molecule has 3 aliphatic rings. The van der Waals surface area contributed by atoms with Crippen molar-refractivity contribution >= 4 is 13.6 Å². The van der Waals surface area contributed by atoms with Gasteiger partial charge in [-0.3, -0.25) is 4.79 Å². The van der Waals surface area contributed by atoms with Crippen LogP contribution in [0.2, 0.25) is 0 Å². The number of carbonyl (C=O) groups excluding carboxylic acids is 1. The highest BCUT2D eigenvalue weighted by atomic mass is 16.5. The van der Waals surface area contributed by atoms with Crippen LogP contribution in [0.15, 0.2) is 24.3 Å². The van der Waals surface area contributed by atoms with Crippen LogP contribution in [-0.4, -0.2) is 31.4 Å². The molecule has 136 valence electrons. The minimum Gasteiger partial charge on any atom is -0.430 e. The average molecular weight is 344 g/mol. The van der Waals surface area contributed by atoms with E-state index >= 15 is 0 Å². The molecule has 2 bridgehead atoms. The number of hydrogen-bond acceptors (Lipinski definition) is 4. The second-order valence-electron chi connectivity index (χ2n) is 7.53. The maximum absolute atomic E-state index is 12.4. The van der Waals surface area contributed by atoms with Crippen molar-refractivity contribution in [3.63, 3.8) is 0 Å². The molecule has 0 aromatic heterocycles. The molecule has 1 amide bonds. The Balaban J connectivity index is 1.64. The number of carbonyl (C=O) groups is 1. The van der Waals surface area contributed by atoms with Crippen LogP contribution in [0.25, 0.3) is 0 Å². The van der Waals surface area contributed by atoms with E-state index in [0.29, 0.717) is 23.9 Å². The molecule has 5 nitrogen and oxygen atoms in total. The van der Waals surface area contributed by atoms with Gasteiger partial charge in [-0.1, -0.05) is 12.1 Å². The van der Waals surface area contributed by atoms with Crippen LogP contribution in [0.3, 0.4) is 0 Å². The van der Waals surface area contributed by atoms with Crippen molar-refractivity contribution in [2.24, 2.45) is 11.7 Å². The normalized spacial score (nSPS) is 26.2. The van der Waals surface area contributed by atoms with E-state index in [1.54, 1.807) is 0 Å². The number of hydrogen-bond donors (Lipinski definition) is 3. The van der Waals surface area contributed by atoms with Crippen molar-refractivity contribution < 1.29 is 14.5 Å². The van der Waals surface area contributed by atoms with Crippen LogP contribution in [0.5, 0.6) is 0 Å². The van der Waals surface area contributed by atoms with Gasteiger partial charge in [-0.05, 0) is 86.9 Å². The second-order valence-corrected chi connectivity index (χ2v) is 7.53. The van der Waals surface area contributed by atoms with Gasteiger partial charge in [0.2, 0.25) is 0 Å². The Kier molecular flexibility index (Phi) is 6.15. The average Bonchev–Trinajstić information content (AvgIpc) is 2.68. The minimum absolute atomic E-state index is 0.174. The van der Waals surface area contributed by atoms with Crippen LogP contribution >= 0.6 is 0 Å². The van der Waals surface area contributed by atoms with E-state index in [4.69, 9.17) is 15.4 Å². The number of nitrogens with two attached hydrogens (primary N) is 1. The number of amides is 1. The zero-order valence-electron chi connectivity index (χ0n) is 14.9. The monoisotopic (exact) mass is 344 g/mol. The van der Waals surface area contributed by atoms with Crippen molar-refractivity contribution in [3.8, 4) is 0 Å². The maximum atomic E-state index is 12.4. The molecule has 3 fully saturated rings. The largest absolute Gasteiger partial charge is 0.436 e. The second kappa shape index (κ2) is 8.34. The molecule has 0 aliphatic heterocycles. The third-order valence-electron chi connectivity index (χ3n) is 6.09. The Bertz CT molecular complexity index is 557. The SMILES string of the molecule is NCCC[C@H](NC(=O)c1ccc(C23CCC(CC2)CC3)cc1)OBO. The van der Waals surface area contributed by atoms with Crippen LogP contribution in [0.4, 0.5) is 0 Å². The lowest BCUT2D eigenvalue weighted by molar-refractivity contribution is 0.0792. The van der Waals surface area contributed by atoms with Crippen molar-refractivity contribution in [2.75, 3.05) is 6.54 Å². The van der Waals surface area contributed by atoms with Gasteiger partial charge in [0.25, 0.3) is 5.91 Å². The van der Waals surface area contributed by atoms with E-state index in [0.717, 1.165) is 12.3 Å². The molecule has 0 saturated heterocycles. The molecule has 25 heavy (non-hydrogen) atoms. The highest BCUT2D eigenvalue weighted by Gasteiger charge is 2.41. The Morgan fingerprint density at radius 3 is 2.48 bits per heavy atom. The van der Waals surface area contributed by atoms with Gasteiger partial charge in [0.1, 0.15) is 6.23 Å². The fourth-order valence-corrected chi connectivity index (χ4v) is 4.48. The summed E-state index contributed by atoms with van der Waals surface area (Å²) in [5.41, 5.74) is 7.85. The highest BCUT2D eigenvalue weighted by Crippen LogP contribution is 2.51. The van der Waals surface area contributed by atoms with Gasteiger partial charge in [0.15, 0.2) is 0 Å². The summed E-state index contributed by atoms with van der Waals surface area (Å²) in [5.74, 6) is 0.774. The van der Waals surface area contributed by atoms with Crippen LogP contribution in [-0.2, 0) is 10.1 Å². The van der Waals surface area contributed by atoms with E-state index in [9.17, 15) is 4.79 Å². The van der Waals surface area contributed by atoms with Gasteiger partial charge in [0.05, 0.1) is 0 Å². The van der Waals surface area contributed by atoms with Gasteiger partial charge in [0, 0.05) is 5.56 Å². The summed E-state index contributed by atoms with van der Waals surface area (Å²) in [5, 5.41) is 11.8. The van der Waals surface area contributed by atoms with E-state index in [1.807, 2.05) is 12.1 Å². The summed E-state index contributed by atoms with van der Waals surface area (Å²) in [6.07, 6.45) is 8.72. The molecule has 3 saturated carbocycles. The minimum atomic E-state index is -0.507. The van der Waals surface area contributed by atoms with Gasteiger partial charge in [-0.15, -0.1) is 0 Å². The summed E-state index contributed by atoms with van der Waals surface area (Å²) in [4.78, 5) is 12.4. The molecule has 4 N–H and O–H groups in total. The lowest BCUT2D eigenvalue weighted by Crippen LogP contribution is -2.39. The van der Waals surface area contributed by atoms with Gasteiger partial charge < -0.3 is 20.7 Å². The quantitative estimate of drug-likeness (QED) is 0.497. The summed E-state index contributed by atoms with van der Waals surface area (Å²) >= 11 is 0. The number of nitrogens with one attached hydrogen (secondary N) is 1. The third-order valence-corrected chi connectivity index (χ3v) is 6.09. The fraction of sp³-hybridized carbons (Fsp3) is 0.632. The smallest absolute Gasteiger partial charge is 0.430 e. The Labute approximate surface area is 150 Å². The van der Waals surface area contributed by atoms with Crippen molar-refractivity contribution in [3.05, 3.63) is 35.4 Å². The molecule has 1 atom stereocenters. The third kappa shape index (κ3) is 4.25. The van der Waals surface area contributed by atoms with Gasteiger partial charge in [-0.2, -0.15) is 0 Å². The molecule has 0 heterocycles. The predicted molar refractivity (Wildman–Crippen MR) is 99.3 cm³/mol. The van der Waals surface area contributed by atoms with Gasteiger partial charge >= 0.3 is 7.69 Å². The lowest BCUT2D eigenvalue weighted by atomic mass is 9.58. The highest BCUT2D eigenvalue weighted by molar-refractivity contribution is 6.16. The Morgan fingerprint density at radius 1 is 1.28 bits per heavy atom. The first kappa shape index (κ1) is 18.4. The molecular weight excluding hydrogens is 315 g/mol. The van der Waals surface area contributed by atoms with Crippen molar-refractivity contribution in [1.29, 1.82) is 0 Å². The van der Waals surface area contributed by atoms with Crippen LogP contribution in [0, 0.1) is 5.92 Å². The molecule has 1 aromatic rings. The number of benzene rings is 1. The standard InChI is InChI=1S/C19H29BN2O3/c21-13-1-2-17(25-20-24)22-18(23)15-3-5-16(6-4-15)19-10-7-14(8-11-19)9-12-19/h3-6,14,17,20,24H,1-2,7-13,21H2,(H,22,23)/t14?,17-,19?/m1/s1. The zero-order chi connectivity index (χ0) is 17.7. The molecule has 1 aromatic carbocycles. The number of fused-ring (bicyclic) bond motifs is 3. The number of rotatable bonds is 8. The molecule has 0 spiro atoms. The molecule has 4 rings (SSSR count). The van der Waals surface area contributed by atoms with E-state index < -0.39 is 13.9 Å². The first-order valence-corrected chi connectivity index (χ1v) is 9.51. The first-order chi connectivity index (χ1) is 12.2. The Hall–Kier alpha value is -1.37. The zero-order valence-corrected chi connectivity index (χ0v) is 14.9. The van der Waals surface area contributed by atoms with E-state index in [1.165, 1.54) is 44.1 Å². The maximum Gasteiger partial charge on any atom is 0.436 e. The van der Waals surface area contributed by atoms with E-state index in [-0.39, 0.29) is 5.91 Å². The summed E-state index contributed by atoms with van der Waals surface area (Å²) in [7, 11) is -0.419. The van der Waals surface area contributed by atoms with Crippen molar-refractivity contribution in [1.82, 2.24) is 5.32 Å². The first-order valence-electron chi connectivity index (χ1n) is 9.51. The summed E-state index contributed by atoms with van der Waals surface area (Å²) < 4.78 is 5.16. The van der Waals surface area contributed by atoms with Gasteiger partial charge in [-0.25, -0.2) is 0 Å². The summed E-state index contributed by atoms with van der Waals surface area (Å²) in [6, 6.07) is 8.09. The molecule has 0 unspecified atom stereocenters. The molecule has 6 heteroatoms. The molecule has 3 aliphatic carbocycles. The fourth-order valence-electron chi connectivity index (χ4n) is 4.48. The topological polar surface area (TPSA) is 84.6 Å². The predicted octanol–water partition coefficient (Wildman–Crippen LogP) is 1.98. The van der Waals surface area contributed by atoms with E-state index in [2.05, 4.69) is 17.4 Å². The van der Waals surface area contributed by atoms with Crippen LogP contribution < -0.4 is 11.1 Å². The molecular formula is C19H29BN2O3. The Morgan fingerprint density at radius 2 is 1.92 bits per heavy atom. The summed E-state index contributed by atoms with van der Waals surface area (Å²) in [6.45, 7) is 0.527. The lowest BCUT2D eigenvalue weighted by Gasteiger charge is -2.47. The molecule has 0 radical (unpaired) electrons. The van der Waals surface area contributed by atoms with Crippen molar-refractivity contribution in [2.45, 2.75) is 63.0 Å². The van der Waals surface area contributed by atoms with Crippen LogP contribution in [0.1, 0.15) is 67.3 Å².